The van der Waals surface area contributed by atoms with Gasteiger partial charge in [0.25, 0.3) is 0 Å². The van der Waals surface area contributed by atoms with E-state index >= 15 is 0 Å². The minimum atomic E-state index is -3.24. The van der Waals surface area contributed by atoms with Crippen LogP contribution in [0.5, 0.6) is 0 Å². The second kappa shape index (κ2) is 4.35. The predicted octanol–water partition coefficient (Wildman–Crippen LogP) is 0.537. The quantitative estimate of drug-likeness (QED) is 0.676. The van der Waals surface area contributed by atoms with Crippen molar-refractivity contribution in [2.45, 2.75) is 25.4 Å². The molecule has 0 N–H and O–H groups in total. The van der Waals surface area contributed by atoms with Crippen LogP contribution in [0.4, 0.5) is 0 Å². The van der Waals surface area contributed by atoms with E-state index < -0.39 is 10.0 Å². The summed E-state index contributed by atoms with van der Waals surface area (Å²) in [5.74, 6) is 0. The molecule has 84 valence electrons. The van der Waals surface area contributed by atoms with E-state index in [0.717, 1.165) is 6.42 Å². The van der Waals surface area contributed by atoms with Crippen LogP contribution in [-0.4, -0.2) is 55.6 Å². The fourth-order valence-corrected chi connectivity index (χ4v) is 3.57. The molecule has 0 bridgehead atoms. The minimum Gasteiger partial charge on any atom is -0.305 e. The summed E-state index contributed by atoms with van der Waals surface area (Å²) in [6.45, 7) is 2.51. The molecule has 1 rings (SSSR count). The first-order valence-corrected chi connectivity index (χ1v) is 6.76. The summed E-state index contributed by atoms with van der Waals surface area (Å²) >= 11 is 5.42. The number of halogens is 1. The highest BCUT2D eigenvalue weighted by molar-refractivity contribution is 7.90. The Hall–Kier alpha value is 0.160. The zero-order chi connectivity index (χ0) is 10.9. The Labute approximate surface area is 90.9 Å². The summed E-state index contributed by atoms with van der Waals surface area (Å²) in [5.41, 5.74) is 0. The van der Waals surface area contributed by atoms with Crippen LogP contribution in [-0.2, 0) is 10.0 Å². The van der Waals surface area contributed by atoms with Crippen LogP contribution in [0.3, 0.4) is 0 Å². The summed E-state index contributed by atoms with van der Waals surface area (Å²) in [6.07, 6.45) is 0.879. The van der Waals surface area contributed by atoms with Crippen molar-refractivity contribution >= 4 is 21.6 Å². The summed E-state index contributed by atoms with van der Waals surface area (Å²) in [6, 6.07) is 0.321. The van der Waals surface area contributed by atoms with Crippen LogP contribution >= 0.6 is 11.6 Å². The molecule has 0 aromatic rings. The lowest BCUT2D eigenvalue weighted by atomic mass is 10.1. The summed E-state index contributed by atoms with van der Waals surface area (Å²) in [5, 5.41) is -0.322. The van der Waals surface area contributed by atoms with E-state index in [1.807, 2.05) is 21.0 Å². The van der Waals surface area contributed by atoms with Gasteiger partial charge in [-0.2, -0.15) is 4.31 Å². The number of alkyl halides is 1. The standard InChI is InChI=1S/C8H17ClN2O2S/c1-7-8(10(2)3)4-5-11(7)14(12,13)6-9/h7-8H,4-6H2,1-3H3. The maximum absolute atomic E-state index is 11.6. The maximum atomic E-state index is 11.6. The lowest BCUT2D eigenvalue weighted by molar-refractivity contribution is 0.251. The van der Waals surface area contributed by atoms with Gasteiger partial charge in [0.2, 0.25) is 10.0 Å². The van der Waals surface area contributed by atoms with E-state index in [0.29, 0.717) is 12.6 Å². The first-order chi connectivity index (χ1) is 6.40. The molecule has 0 spiro atoms. The highest BCUT2D eigenvalue weighted by atomic mass is 35.5. The smallest absolute Gasteiger partial charge is 0.228 e. The first-order valence-electron chi connectivity index (χ1n) is 4.62. The predicted molar refractivity (Wildman–Crippen MR) is 57.9 cm³/mol. The van der Waals surface area contributed by atoms with Crippen molar-refractivity contribution in [3.63, 3.8) is 0 Å². The SMILES string of the molecule is CC1C(N(C)C)CCN1S(=O)(=O)CCl. The van der Waals surface area contributed by atoms with Crippen LogP contribution < -0.4 is 0 Å². The topological polar surface area (TPSA) is 40.6 Å². The zero-order valence-corrected chi connectivity index (χ0v) is 10.3. The second-order valence-corrected chi connectivity index (χ2v) is 6.40. The van der Waals surface area contributed by atoms with Gasteiger partial charge in [0, 0.05) is 18.6 Å². The molecule has 0 radical (unpaired) electrons. The molecule has 1 aliphatic heterocycles. The average Bonchev–Trinajstić information content (AvgIpc) is 2.47. The number of hydrogen-bond donors (Lipinski definition) is 0. The van der Waals surface area contributed by atoms with Gasteiger partial charge in [-0.15, -0.1) is 11.6 Å². The zero-order valence-electron chi connectivity index (χ0n) is 8.77. The van der Waals surface area contributed by atoms with Crippen LogP contribution in [0.2, 0.25) is 0 Å². The highest BCUT2D eigenvalue weighted by Gasteiger charge is 2.38. The van der Waals surface area contributed by atoms with Crippen LogP contribution in [0.1, 0.15) is 13.3 Å². The van der Waals surface area contributed by atoms with E-state index in [9.17, 15) is 8.42 Å². The fourth-order valence-electron chi connectivity index (χ4n) is 2.04. The molecule has 2 unspecified atom stereocenters. The van der Waals surface area contributed by atoms with E-state index in [-0.39, 0.29) is 11.3 Å². The molecule has 2 atom stereocenters. The van der Waals surface area contributed by atoms with Gasteiger partial charge in [-0.3, -0.25) is 0 Å². The monoisotopic (exact) mass is 240 g/mol. The van der Waals surface area contributed by atoms with Crippen molar-refractivity contribution in [1.29, 1.82) is 0 Å². The molecule has 14 heavy (non-hydrogen) atoms. The number of likely N-dealkylation sites (N-methyl/N-ethyl adjacent to an activating group) is 1. The normalized spacial score (nSPS) is 30.1. The molecule has 1 fully saturated rings. The van der Waals surface area contributed by atoms with E-state index in [4.69, 9.17) is 11.6 Å². The van der Waals surface area contributed by atoms with Gasteiger partial charge in [0.05, 0.1) is 0 Å². The minimum absolute atomic E-state index is 0.0220. The van der Waals surface area contributed by atoms with E-state index in [1.54, 1.807) is 0 Å². The van der Waals surface area contributed by atoms with Gasteiger partial charge in [0.15, 0.2) is 0 Å². The lowest BCUT2D eigenvalue weighted by Gasteiger charge is -2.27. The fraction of sp³-hybridized carbons (Fsp3) is 1.00. The van der Waals surface area contributed by atoms with Crippen molar-refractivity contribution in [1.82, 2.24) is 9.21 Å². The largest absolute Gasteiger partial charge is 0.305 e. The molecule has 0 aromatic carbocycles. The lowest BCUT2D eigenvalue weighted by Crippen LogP contribution is -2.42. The van der Waals surface area contributed by atoms with Gasteiger partial charge in [-0.05, 0) is 27.4 Å². The molecular weight excluding hydrogens is 224 g/mol. The molecule has 1 aliphatic rings. The van der Waals surface area contributed by atoms with Crippen LogP contribution in [0.15, 0.2) is 0 Å². The van der Waals surface area contributed by atoms with Crippen molar-refractivity contribution < 1.29 is 8.42 Å². The summed E-state index contributed by atoms with van der Waals surface area (Å²) in [7, 11) is 0.699. The highest BCUT2D eigenvalue weighted by Crippen LogP contribution is 2.24. The molecular formula is C8H17ClN2O2S. The van der Waals surface area contributed by atoms with Crippen molar-refractivity contribution in [2.24, 2.45) is 0 Å². The Bertz CT molecular complexity index is 292. The Balaban J connectivity index is 2.79. The van der Waals surface area contributed by atoms with Gasteiger partial charge in [-0.25, -0.2) is 8.42 Å². The number of rotatable bonds is 3. The molecule has 0 aliphatic carbocycles. The molecule has 1 heterocycles. The number of hydrogen-bond acceptors (Lipinski definition) is 3. The average molecular weight is 241 g/mol. The molecule has 6 heteroatoms. The van der Waals surface area contributed by atoms with Gasteiger partial charge in [-0.1, -0.05) is 0 Å². The third-order valence-corrected chi connectivity index (χ3v) is 5.15. The Morgan fingerprint density at radius 1 is 1.50 bits per heavy atom. The molecule has 0 amide bonds. The first kappa shape index (κ1) is 12.2. The molecule has 1 saturated heterocycles. The molecule has 4 nitrogen and oxygen atoms in total. The Kier molecular flexibility index (Phi) is 3.80. The van der Waals surface area contributed by atoms with Gasteiger partial charge >= 0.3 is 0 Å². The van der Waals surface area contributed by atoms with E-state index in [2.05, 4.69) is 4.90 Å². The van der Waals surface area contributed by atoms with Crippen molar-refractivity contribution in [3.05, 3.63) is 0 Å². The molecule has 0 saturated carbocycles. The molecule has 0 aromatic heterocycles. The summed E-state index contributed by atoms with van der Waals surface area (Å²) < 4.78 is 24.6. The van der Waals surface area contributed by atoms with E-state index in [1.165, 1.54) is 4.31 Å². The number of sulfonamides is 1. The third-order valence-electron chi connectivity index (χ3n) is 2.81. The Morgan fingerprint density at radius 3 is 2.43 bits per heavy atom. The van der Waals surface area contributed by atoms with Gasteiger partial charge < -0.3 is 4.90 Å². The summed E-state index contributed by atoms with van der Waals surface area (Å²) in [4.78, 5) is 2.06. The van der Waals surface area contributed by atoms with Crippen LogP contribution in [0, 0.1) is 0 Å². The third kappa shape index (κ3) is 2.21. The van der Waals surface area contributed by atoms with Gasteiger partial charge in [0.1, 0.15) is 5.21 Å². The maximum Gasteiger partial charge on any atom is 0.228 e. The second-order valence-electron chi connectivity index (χ2n) is 3.89. The van der Waals surface area contributed by atoms with Crippen molar-refractivity contribution in [2.75, 3.05) is 25.9 Å². The van der Waals surface area contributed by atoms with Crippen LogP contribution in [0.25, 0.3) is 0 Å². The number of nitrogens with zero attached hydrogens (tertiary/aromatic N) is 2. The Morgan fingerprint density at radius 2 is 2.07 bits per heavy atom. The van der Waals surface area contributed by atoms with Crippen molar-refractivity contribution in [3.8, 4) is 0 Å².